The van der Waals surface area contributed by atoms with Crippen LogP contribution in [-0.4, -0.2) is 5.78 Å². The van der Waals surface area contributed by atoms with Crippen molar-refractivity contribution in [2.75, 3.05) is 0 Å². The number of para-hydroxylation sites is 1. The lowest BCUT2D eigenvalue weighted by molar-refractivity contribution is -0.129. The molecule has 3 aliphatic rings. The minimum Gasteiger partial charge on any atom is -0.299 e. The highest BCUT2D eigenvalue weighted by molar-refractivity contribution is 7.34. The normalized spacial score (nSPS) is 30.7. The summed E-state index contributed by atoms with van der Waals surface area (Å²) in [5, 5.41) is 0. The van der Waals surface area contributed by atoms with Crippen LogP contribution in [0.3, 0.4) is 0 Å². The first-order chi connectivity index (χ1) is 14.0. The number of aryl methyl sites for hydroxylation is 1. The second-order valence-corrected chi connectivity index (χ2v) is 9.73. The molecule has 3 aliphatic carbocycles. The van der Waals surface area contributed by atoms with Crippen molar-refractivity contribution in [3.8, 4) is 11.5 Å². The summed E-state index contributed by atoms with van der Waals surface area (Å²) in [5.74, 6) is 3.29. The Labute approximate surface area is 172 Å². The topological polar surface area (TPSA) is 52.6 Å². The lowest BCUT2D eigenvalue weighted by Gasteiger charge is -2.48. The zero-order valence-electron chi connectivity index (χ0n) is 16.7. The van der Waals surface area contributed by atoms with E-state index in [1.165, 1.54) is 11.1 Å². The zero-order chi connectivity index (χ0) is 20.0. The molecule has 0 spiro atoms. The van der Waals surface area contributed by atoms with Gasteiger partial charge in [-0.15, -0.1) is 0 Å². The maximum absolute atomic E-state index is 12.5. The van der Waals surface area contributed by atoms with E-state index in [1.54, 1.807) is 12.1 Å². The molecule has 2 aromatic carbocycles. The van der Waals surface area contributed by atoms with Crippen LogP contribution in [0.1, 0.15) is 56.1 Å². The Balaban J connectivity index is 1.32. The molecular formula is C24H26O4P+. The van der Waals surface area contributed by atoms with Gasteiger partial charge in [0.1, 0.15) is 5.78 Å². The van der Waals surface area contributed by atoms with Crippen LogP contribution in [0, 0.1) is 17.3 Å². The maximum Gasteiger partial charge on any atom is 0.805 e. The zero-order valence-corrected chi connectivity index (χ0v) is 17.6. The van der Waals surface area contributed by atoms with Crippen LogP contribution in [-0.2, 0) is 15.8 Å². The molecule has 0 radical (unpaired) electrons. The van der Waals surface area contributed by atoms with Crippen molar-refractivity contribution >= 4 is 14.0 Å². The van der Waals surface area contributed by atoms with E-state index < -0.39 is 8.25 Å². The molecule has 2 fully saturated rings. The number of fused-ring (bicyclic) bond motifs is 5. The van der Waals surface area contributed by atoms with Gasteiger partial charge in [-0.1, -0.05) is 31.2 Å². The molecule has 29 heavy (non-hydrogen) atoms. The number of carbonyl (C=O) groups is 1. The summed E-state index contributed by atoms with van der Waals surface area (Å²) < 4.78 is 23.2. The molecular weight excluding hydrogens is 383 g/mol. The molecule has 0 bridgehead atoms. The second-order valence-electron chi connectivity index (χ2n) is 8.91. The van der Waals surface area contributed by atoms with Crippen LogP contribution in [0.15, 0.2) is 48.5 Å². The average molecular weight is 409 g/mol. The Kier molecular flexibility index (Phi) is 4.70. The molecule has 5 heteroatoms. The molecule has 2 aromatic rings. The molecule has 0 N–H and O–H groups in total. The van der Waals surface area contributed by atoms with Gasteiger partial charge in [0.2, 0.25) is 0 Å². The molecule has 4 nitrogen and oxygen atoms in total. The van der Waals surface area contributed by atoms with Gasteiger partial charge in [-0.3, -0.25) is 4.79 Å². The number of ketones is 1. The summed E-state index contributed by atoms with van der Waals surface area (Å²) in [6.07, 6.45) is 6.03. The molecule has 0 saturated heterocycles. The molecule has 0 aromatic heterocycles. The molecule has 1 unspecified atom stereocenters. The molecule has 5 rings (SSSR count). The van der Waals surface area contributed by atoms with E-state index in [2.05, 4.69) is 13.0 Å². The predicted octanol–water partition coefficient (Wildman–Crippen LogP) is 6.23. The van der Waals surface area contributed by atoms with E-state index in [1.807, 2.05) is 30.3 Å². The van der Waals surface area contributed by atoms with Gasteiger partial charge < -0.3 is 0 Å². The van der Waals surface area contributed by atoms with Crippen molar-refractivity contribution in [2.45, 2.75) is 51.4 Å². The van der Waals surface area contributed by atoms with Crippen LogP contribution in [0.5, 0.6) is 11.5 Å². The maximum atomic E-state index is 12.5. The van der Waals surface area contributed by atoms with Crippen LogP contribution in [0.4, 0.5) is 0 Å². The van der Waals surface area contributed by atoms with Gasteiger partial charge in [-0.2, -0.15) is 0 Å². The molecule has 0 amide bonds. The van der Waals surface area contributed by atoms with Crippen LogP contribution in [0.25, 0.3) is 0 Å². The monoisotopic (exact) mass is 409 g/mol. The first-order valence-electron chi connectivity index (χ1n) is 10.6. The minimum absolute atomic E-state index is 0.0884. The van der Waals surface area contributed by atoms with Gasteiger partial charge in [-0.05, 0) is 85.3 Å². The Bertz CT molecular complexity index is 957. The Hall–Kier alpha value is -2.19. The molecule has 0 aliphatic heterocycles. The second kappa shape index (κ2) is 7.25. The lowest BCUT2D eigenvalue weighted by atomic mass is 9.55. The standard InChI is InChI=1S/C24H26O4P/c1-24-14-13-20-19-10-8-18(28-29(26)27-17-5-3-2-4-6-17)15-16(19)7-9-21(20)22(24)11-12-23(24)25/h2-6,8,10,15,20-22H,7,9,11-14H2,1H3/q+1/t20-,21-,22+,24+/m1/s1. The largest absolute Gasteiger partial charge is 0.805 e. The summed E-state index contributed by atoms with van der Waals surface area (Å²) in [7, 11) is -2.27. The Morgan fingerprint density at radius 1 is 0.966 bits per heavy atom. The van der Waals surface area contributed by atoms with Gasteiger partial charge in [0.05, 0.1) is 0 Å². The summed E-state index contributed by atoms with van der Waals surface area (Å²) in [5.41, 5.74) is 2.60. The van der Waals surface area contributed by atoms with Gasteiger partial charge in [0.15, 0.2) is 11.5 Å². The van der Waals surface area contributed by atoms with Crippen molar-refractivity contribution in [2.24, 2.45) is 17.3 Å². The highest BCUT2D eigenvalue weighted by Crippen LogP contribution is 2.59. The van der Waals surface area contributed by atoms with Gasteiger partial charge >= 0.3 is 8.25 Å². The van der Waals surface area contributed by atoms with Crippen molar-refractivity contribution in [1.82, 2.24) is 0 Å². The van der Waals surface area contributed by atoms with Gasteiger partial charge in [0.25, 0.3) is 0 Å². The quantitative estimate of drug-likeness (QED) is 0.562. The number of carbonyl (C=O) groups excluding carboxylic acids is 1. The van der Waals surface area contributed by atoms with E-state index in [-0.39, 0.29) is 5.41 Å². The molecule has 5 atom stereocenters. The summed E-state index contributed by atoms with van der Waals surface area (Å²) in [4.78, 5) is 12.5. The predicted molar refractivity (Wildman–Crippen MR) is 111 cm³/mol. The van der Waals surface area contributed by atoms with Crippen LogP contribution >= 0.6 is 8.25 Å². The molecule has 150 valence electrons. The number of Topliss-reactive ketones (excluding diaryl/α,β-unsaturated/α-hetero) is 1. The number of benzene rings is 2. The third kappa shape index (κ3) is 3.28. The fourth-order valence-electron chi connectivity index (χ4n) is 6.06. The van der Waals surface area contributed by atoms with E-state index in [4.69, 9.17) is 9.05 Å². The van der Waals surface area contributed by atoms with E-state index in [0.29, 0.717) is 35.0 Å². The lowest BCUT2D eigenvalue weighted by Crippen LogP contribution is -2.42. The van der Waals surface area contributed by atoms with E-state index >= 15 is 0 Å². The SMILES string of the molecule is C[C@]12CC[C@@H]3c4ccc(O[P+](=O)Oc5ccccc5)cc4CC[C@H]3[C@@H]1CCC2=O. The summed E-state index contributed by atoms with van der Waals surface area (Å²) in [6.45, 7) is 2.21. The van der Waals surface area contributed by atoms with Crippen LogP contribution < -0.4 is 9.05 Å². The Morgan fingerprint density at radius 3 is 2.59 bits per heavy atom. The molecule has 2 saturated carbocycles. The average Bonchev–Trinajstić information content (AvgIpc) is 3.03. The van der Waals surface area contributed by atoms with Crippen molar-refractivity contribution in [3.05, 3.63) is 59.7 Å². The third-order valence-corrected chi connectivity index (χ3v) is 8.23. The van der Waals surface area contributed by atoms with Crippen molar-refractivity contribution in [1.29, 1.82) is 0 Å². The minimum atomic E-state index is -2.27. The Morgan fingerprint density at radius 2 is 1.76 bits per heavy atom. The van der Waals surface area contributed by atoms with Crippen molar-refractivity contribution in [3.63, 3.8) is 0 Å². The van der Waals surface area contributed by atoms with Gasteiger partial charge in [-0.25, -0.2) is 9.05 Å². The van der Waals surface area contributed by atoms with E-state index in [9.17, 15) is 9.36 Å². The first-order valence-corrected chi connectivity index (χ1v) is 11.7. The number of rotatable bonds is 4. The van der Waals surface area contributed by atoms with E-state index in [0.717, 1.165) is 38.5 Å². The highest BCUT2D eigenvalue weighted by Gasteiger charge is 2.54. The van der Waals surface area contributed by atoms with Gasteiger partial charge in [0, 0.05) is 16.4 Å². The summed E-state index contributed by atoms with van der Waals surface area (Å²) >= 11 is 0. The smallest absolute Gasteiger partial charge is 0.299 e. The fourth-order valence-corrected chi connectivity index (χ4v) is 6.68. The fraction of sp³-hybridized carbons (Fsp3) is 0.458. The number of hydrogen-bond acceptors (Lipinski definition) is 4. The van der Waals surface area contributed by atoms with Crippen molar-refractivity contribution < 1.29 is 18.4 Å². The highest BCUT2D eigenvalue weighted by atomic mass is 31.1. The first kappa shape index (κ1) is 18.8. The van der Waals surface area contributed by atoms with Crippen LogP contribution in [0.2, 0.25) is 0 Å². The molecule has 0 heterocycles. The summed E-state index contributed by atoms with van der Waals surface area (Å²) in [6, 6.07) is 15.2. The number of hydrogen-bond donors (Lipinski definition) is 0. The third-order valence-electron chi connectivity index (χ3n) is 7.51.